The van der Waals surface area contributed by atoms with E-state index in [4.69, 9.17) is 4.74 Å². The molecular weight excluding hydrogens is 256 g/mol. The number of ether oxygens (including phenoxy) is 1. The maximum atomic E-state index is 11.4. The third-order valence-corrected chi connectivity index (χ3v) is 3.48. The van der Waals surface area contributed by atoms with Gasteiger partial charge in [-0.1, -0.05) is 42.5 Å². The fraction of sp³-hybridized carbons (Fsp3) is 0.188. The van der Waals surface area contributed by atoms with Gasteiger partial charge in [-0.2, -0.15) is 0 Å². The van der Waals surface area contributed by atoms with Crippen LogP contribution in [0.3, 0.4) is 0 Å². The summed E-state index contributed by atoms with van der Waals surface area (Å²) in [5.74, 6) is -0.276. The van der Waals surface area contributed by atoms with E-state index in [1.165, 1.54) is 11.6 Å². The van der Waals surface area contributed by atoms with Crippen LogP contribution in [0.1, 0.15) is 16.9 Å². The van der Waals surface area contributed by atoms with E-state index >= 15 is 0 Å². The van der Waals surface area contributed by atoms with Crippen molar-refractivity contribution in [3.8, 4) is 0 Å². The highest BCUT2D eigenvalue weighted by Gasteiger charge is 1.98. The highest BCUT2D eigenvalue weighted by Crippen LogP contribution is 2.09. The molecule has 0 aliphatic heterocycles. The first kappa shape index (κ1) is 13.6. The molecular formula is C16H16O2S. The predicted octanol–water partition coefficient (Wildman–Crippen LogP) is 3.98. The van der Waals surface area contributed by atoms with Crippen molar-refractivity contribution in [2.75, 3.05) is 0 Å². The van der Waals surface area contributed by atoms with E-state index in [0.29, 0.717) is 6.61 Å². The molecule has 2 nitrogen and oxygen atoms in total. The molecule has 0 spiro atoms. The molecule has 98 valence electrons. The molecule has 0 unspecified atom stereocenters. The minimum Gasteiger partial charge on any atom is -0.457 e. The topological polar surface area (TPSA) is 26.3 Å². The molecule has 0 saturated carbocycles. The third-order valence-electron chi connectivity index (χ3n) is 2.63. The Morgan fingerprint density at radius 2 is 2.00 bits per heavy atom. The van der Waals surface area contributed by atoms with Crippen molar-refractivity contribution in [3.63, 3.8) is 0 Å². The van der Waals surface area contributed by atoms with Gasteiger partial charge in [0.2, 0.25) is 0 Å². The number of hydrogen-bond acceptors (Lipinski definition) is 3. The normalized spacial score (nSPS) is 10.7. The van der Waals surface area contributed by atoms with Gasteiger partial charge in [-0.25, -0.2) is 4.79 Å². The van der Waals surface area contributed by atoms with Gasteiger partial charge in [0.15, 0.2) is 0 Å². The molecule has 1 heterocycles. The van der Waals surface area contributed by atoms with Crippen molar-refractivity contribution in [1.82, 2.24) is 0 Å². The number of esters is 1. The second-order valence-corrected chi connectivity index (χ2v) is 5.15. The van der Waals surface area contributed by atoms with Gasteiger partial charge < -0.3 is 4.74 Å². The van der Waals surface area contributed by atoms with Crippen molar-refractivity contribution in [2.24, 2.45) is 0 Å². The SMILES string of the molecule is O=C(/C=C/CCc1ccccc1)OCc1cccs1. The number of hydrogen-bond donors (Lipinski definition) is 0. The highest BCUT2D eigenvalue weighted by atomic mass is 32.1. The van der Waals surface area contributed by atoms with Crippen molar-refractivity contribution in [2.45, 2.75) is 19.4 Å². The average molecular weight is 272 g/mol. The molecule has 2 rings (SSSR count). The summed E-state index contributed by atoms with van der Waals surface area (Å²) in [6, 6.07) is 14.1. The first-order chi connectivity index (χ1) is 9.34. The zero-order valence-electron chi connectivity index (χ0n) is 10.6. The molecule has 1 aromatic heterocycles. The Bertz CT molecular complexity index is 515. The van der Waals surface area contributed by atoms with Crippen LogP contribution < -0.4 is 0 Å². The Morgan fingerprint density at radius 1 is 1.16 bits per heavy atom. The quantitative estimate of drug-likeness (QED) is 0.587. The van der Waals surface area contributed by atoms with Gasteiger partial charge in [0.05, 0.1) is 0 Å². The van der Waals surface area contributed by atoms with Gasteiger partial charge in [-0.3, -0.25) is 0 Å². The molecule has 0 atom stereocenters. The second kappa shape index (κ2) is 7.54. The Morgan fingerprint density at radius 3 is 2.74 bits per heavy atom. The van der Waals surface area contributed by atoms with Gasteiger partial charge in [0, 0.05) is 11.0 Å². The molecule has 1 aromatic carbocycles. The molecule has 2 aromatic rings. The average Bonchev–Trinajstić information content (AvgIpc) is 2.96. The summed E-state index contributed by atoms with van der Waals surface area (Å²) in [5, 5.41) is 1.97. The van der Waals surface area contributed by atoms with Crippen LogP contribution >= 0.6 is 11.3 Å². The summed E-state index contributed by atoms with van der Waals surface area (Å²) >= 11 is 1.59. The molecule has 0 fully saturated rings. The highest BCUT2D eigenvalue weighted by molar-refractivity contribution is 7.09. The lowest BCUT2D eigenvalue weighted by Crippen LogP contribution is -1.99. The van der Waals surface area contributed by atoms with E-state index in [9.17, 15) is 4.79 Å². The number of rotatable bonds is 6. The molecule has 0 aliphatic rings. The van der Waals surface area contributed by atoms with Gasteiger partial charge in [-0.15, -0.1) is 11.3 Å². The fourth-order valence-corrected chi connectivity index (χ4v) is 2.28. The summed E-state index contributed by atoms with van der Waals surface area (Å²) in [7, 11) is 0. The molecule has 3 heteroatoms. The molecule has 0 saturated heterocycles. The van der Waals surface area contributed by atoms with Gasteiger partial charge in [0.1, 0.15) is 6.61 Å². The van der Waals surface area contributed by atoms with Crippen LogP contribution in [0.2, 0.25) is 0 Å². The van der Waals surface area contributed by atoms with E-state index in [0.717, 1.165) is 17.7 Å². The molecule has 0 amide bonds. The number of aryl methyl sites for hydroxylation is 1. The van der Waals surface area contributed by atoms with Crippen molar-refractivity contribution in [3.05, 3.63) is 70.4 Å². The largest absolute Gasteiger partial charge is 0.457 e. The lowest BCUT2D eigenvalue weighted by molar-refractivity contribution is -0.138. The number of carbonyl (C=O) groups excluding carboxylic acids is 1. The molecule has 0 radical (unpaired) electrons. The Balaban J connectivity index is 1.66. The first-order valence-corrected chi connectivity index (χ1v) is 7.12. The lowest BCUT2D eigenvalue weighted by Gasteiger charge is -1.99. The Labute approximate surface area is 117 Å². The minimum absolute atomic E-state index is 0.276. The Hall–Kier alpha value is -1.87. The van der Waals surface area contributed by atoms with E-state index in [-0.39, 0.29) is 5.97 Å². The smallest absolute Gasteiger partial charge is 0.330 e. The molecule has 0 bridgehead atoms. The minimum atomic E-state index is -0.276. The maximum absolute atomic E-state index is 11.4. The van der Waals surface area contributed by atoms with Crippen LogP contribution in [0.4, 0.5) is 0 Å². The fourth-order valence-electron chi connectivity index (χ4n) is 1.66. The molecule has 19 heavy (non-hydrogen) atoms. The standard InChI is InChI=1S/C16H16O2S/c17-16(18-13-15-10-6-12-19-15)11-5-4-9-14-7-2-1-3-8-14/h1-3,5-8,10-12H,4,9,13H2/b11-5+. The third kappa shape index (κ3) is 5.10. The van der Waals surface area contributed by atoms with Crippen LogP contribution in [-0.4, -0.2) is 5.97 Å². The van der Waals surface area contributed by atoms with Gasteiger partial charge in [-0.05, 0) is 29.9 Å². The molecule has 0 N–H and O–H groups in total. The molecule has 0 aliphatic carbocycles. The van der Waals surface area contributed by atoms with E-state index in [2.05, 4.69) is 12.1 Å². The maximum Gasteiger partial charge on any atom is 0.330 e. The van der Waals surface area contributed by atoms with Crippen molar-refractivity contribution in [1.29, 1.82) is 0 Å². The van der Waals surface area contributed by atoms with Gasteiger partial charge >= 0.3 is 5.97 Å². The number of benzene rings is 1. The van der Waals surface area contributed by atoms with Crippen LogP contribution in [0, 0.1) is 0 Å². The Kier molecular flexibility index (Phi) is 5.38. The zero-order valence-corrected chi connectivity index (χ0v) is 11.4. The number of allylic oxidation sites excluding steroid dienone is 1. The van der Waals surface area contributed by atoms with E-state index in [1.54, 1.807) is 11.3 Å². The summed E-state index contributed by atoms with van der Waals surface area (Å²) < 4.78 is 5.12. The van der Waals surface area contributed by atoms with Crippen LogP contribution in [-0.2, 0) is 22.6 Å². The lowest BCUT2D eigenvalue weighted by atomic mass is 10.1. The first-order valence-electron chi connectivity index (χ1n) is 6.24. The summed E-state index contributed by atoms with van der Waals surface area (Å²) in [6.07, 6.45) is 5.16. The van der Waals surface area contributed by atoms with Crippen LogP contribution in [0.15, 0.2) is 60.0 Å². The van der Waals surface area contributed by atoms with E-state index < -0.39 is 0 Å². The van der Waals surface area contributed by atoms with Crippen LogP contribution in [0.5, 0.6) is 0 Å². The van der Waals surface area contributed by atoms with E-state index in [1.807, 2.05) is 41.8 Å². The summed E-state index contributed by atoms with van der Waals surface area (Å²) in [4.78, 5) is 12.5. The summed E-state index contributed by atoms with van der Waals surface area (Å²) in [6.45, 7) is 0.361. The monoisotopic (exact) mass is 272 g/mol. The van der Waals surface area contributed by atoms with Gasteiger partial charge in [0.25, 0.3) is 0 Å². The zero-order chi connectivity index (χ0) is 13.3. The number of carbonyl (C=O) groups is 1. The van der Waals surface area contributed by atoms with Crippen molar-refractivity contribution >= 4 is 17.3 Å². The second-order valence-electron chi connectivity index (χ2n) is 4.11. The summed E-state index contributed by atoms with van der Waals surface area (Å²) in [5.41, 5.74) is 1.28. The van der Waals surface area contributed by atoms with Crippen LogP contribution in [0.25, 0.3) is 0 Å². The predicted molar refractivity (Wildman–Crippen MR) is 78.0 cm³/mol. The van der Waals surface area contributed by atoms with Crippen molar-refractivity contribution < 1.29 is 9.53 Å². The number of thiophene rings is 1.